The molecule has 1 aromatic heterocycles. The number of para-hydroxylation sites is 2. The number of carbonyl (C=O) groups is 1. The first kappa shape index (κ1) is 16.4. The van der Waals surface area contributed by atoms with Crippen molar-refractivity contribution >= 4 is 16.8 Å². The number of ketones is 1. The van der Waals surface area contributed by atoms with Gasteiger partial charge >= 0.3 is 0 Å². The van der Waals surface area contributed by atoms with Gasteiger partial charge in [0.15, 0.2) is 17.6 Å². The number of aryl methyl sites for hydroxylation is 1. The third kappa shape index (κ3) is 3.28. The van der Waals surface area contributed by atoms with Crippen molar-refractivity contribution < 1.29 is 26.3 Å². The number of aromatic nitrogens is 2. The molecule has 3 nitrogen and oxygen atoms in total. The maximum Gasteiger partial charge on any atom is 0.245 e. The molecule has 3 aromatic rings. The molecule has 2 aromatic carbocycles. The Morgan fingerprint density at radius 3 is 2.45 bits per heavy atom. The van der Waals surface area contributed by atoms with E-state index in [1.807, 2.05) is 47.0 Å². The van der Waals surface area contributed by atoms with Gasteiger partial charge in [0.2, 0.25) is 12.1 Å². The second kappa shape index (κ2) is 7.36. The lowest BCUT2D eigenvalue weighted by atomic mass is 10.1. The summed E-state index contributed by atoms with van der Waals surface area (Å²) in [5.74, 6) is 0.139. The lowest BCUT2D eigenvalue weighted by Crippen LogP contribution is -3.00. The lowest BCUT2D eigenvalue weighted by Gasteiger charge is -1.98. The first-order chi connectivity index (χ1) is 10.3. The van der Waals surface area contributed by atoms with Gasteiger partial charge in [-0.1, -0.05) is 49.4 Å². The number of rotatable bonds is 5. The summed E-state index contributed by atoms with van der Waals surface area (Å²) in [6, 6.07) is 17.7. The van der Waals surface area contributed by atoms with Crippen LogP contribution >= 0.6 is 0 Å². The molecule has 3 rings (SSSR count). The zero-order valence-electron chi connectivity index (χ0n) is 12.6. The number of imidazole rings is 1. The molecule has 0 saturated heterocycles. The summed E-state index contributed by atoms with van der Waals surface area (Å²) in [6.45, 7) is 3.50. The summed E-state index contributed by atoms with van der Waals surface area (Å²) in [6.07, 6.45) is 3.13. The van der Waals surface area contributed by atoms with E-state index in [1.165, 1.54) is 5.52 Å². The average Bonchev–Trinajstić information content (AvgIpc) is 2.87. The highest BCUT2D eigenvalue weighted by Gasteiger charge is 2.17. The zero-order valence-corrected chi connectivity index (χ0v) is 14.2. The summed E-state index contributed by atoms with van der Waals surface area (Å²) in [7, 11) is 0. The Morgan fingerprint density at radius 1 is 1.05 bits per heavy atom. The summed E-state index contributed by atoms with van der Waals surface area (Å²) >= 11 is 0. The number of benzene rings is 2. The van der Waals surface area contributed by atoms with Crippen molar-refractivity contribution in [1.82, 2.24) is 4.57 Å². The number of carbonyl (C=O) groups excluding carboxylic acids is 1. The summed E-state index contributed by atoms with van der Waals surface area (Å²) in [5.41, 5.74) is 3.05. The molecular weight excluding hydrogens is 340 g/mol. The summed E-state index contributed by atoms with van der Waals surface area (Å²) in [5, 5.41) is 0. The van der Waals surface area contributed by atoms with Gasteiger partial charge in [-0.05, 0) is 18.6 Å². The van der Waals surface area contributed by atoms with Crippen LogP contribution in [0.4, 0.5) is 0 Å². The van der Waals surface area contributed by atoms with Crippen molar-refractivity contribution in [3.05, 3.63) is 66.5 Å². The highest BCUT2D eigenvalue weighted by Crippen LogP contribution is 2.11. The van der Waals surface area contributed by atoms with Crippen LogP contribution in [0.25, 0.3) is 11.0 Å². The predicted molar refractivity (Wildman–Crippen MR) is 83.2 cm³/mol. The predicted octanol–water partition coefficient (Wildman–Crippen LogP) is 0.226. The third-order valence-electron chi connectivity index (χ3n) is 3.65. The molecule has 0 N–H and O–H groups in total. The van der Waals surface area contributed by atoms with Gasteiger partial charge in [0.25, 0.3) is 0 Å². The fourth-order valence-electron chi connectivity index (χ4n) is 2.66. The van der Waals surface area contributed by atoms with E-state index < -0.39 is 0 Å². The van der Waals surface area contributed by atoms with Gasteiger partial charge in [-0.15, -0.1) is 0 Å². The van der Waals surface area contributed by atoms with Crippen LogP contribution in [0.15, 0.2) is 60.9 Å². The van der Waals surface area contributed by atoms with Gasteiger partial charge in [0.05, 0.1) is 6.54 Å². The van der Waals surface area contributed by atoms with Crippen LogP contribution in [-0.2, 0) is 13.1 Å². The fraction of sp³-hybridized carbons (Fsp3) is 0.222. The Bertz CT molecular complexity index is 765. The number of halogens is 1. The highest BCUT2D eigenvalue weighted by atomic mass is 79.9. The molecule has 0 aliphatic rings. The van der Waals surface area contributed by atoms with Gasteiger partial charge in [-0.2, -0.15) is 0 Å². The Balaban J connectivity index is 0.00000176. The van der Waals surface area contributed by atoms with Gasteiger partial charge in [-0.25, -0.2) is 9.13 Å². The molecule has 0 spiro atoms. The van der Waals surface area contributed by atoms with Gasteiger partial charge in [0, 0.05) is 5.56 Å². The second-order valence-corrected chi connectivity index (χ2v) is 5.21. The fourth-order valence-corrected chi connectivity index (χ4v) is 2.66. The Morgan fingerprint density at radius 2 is 1.73 bits per heavy atom. The maximum absolute atomic E-state index is 12.4. The van der Waals surface area contributed by atoms with E-state index in [4.69, 9.17) is 0 Å². The van der Waals surface area contributed by atoms with Crippen molar-refractivity contribution in [2.24, 2.45) is 0 Å². The standard InChI is InChI=1S/C18H19N2O.BrH/c1-2-12-19-14-20(17-11-7-6-10-16(17)19)13-18(21)15-8-4-3-5-9-15;/h3-11,14H,2,12-13H2,1H3;1H/q+1;/p-1. The average molecular weight is 359 g/mol. The molecule has 0 atom stereocenters. The van der Waals surface area contributed by atoms with E-state index in [9.17, 15) is 4.79 Å². The molecule has 0 saturated carbocycles. The third-order valence-corrected chi connectivity index (χ3v) is 3.65. The smallest absolute Gasteiger partial charge is 0.245 e. The van der Waals surface area contributed by atoms with Crippen molar-refractivity contribution in [2.75, 3.05) is 0 Å². The Kier molecular flexibility index (Phi) is 5.50. The monoisotopic (exact) mass is 358 g/mol. The quantitative estimate of drug-likeness (QED) is 0.473. The molecule has 1 heterocycles. The summed E-state index contributed by atoms with van der Waals surface area (Å²) in [4.78, 5) is 12.4. The molecule has 0 aliphatic carbocycles. The Hall–Kier alpha value is -1.94. The normalized spacial score (nSPS) is 10.4. The molecule has 0 amide bonds. The minimum Gasteiger partial charge on any atom is -1.00 e. The first-order valence-electron chi connectivity index (χ1n) is 7.35. The van der Waals surface area contributed by atoms with E-state index >= 15 is 0 Å². The van der Waals surface area contributed by atoms with Crippen LogP contribution in [0, 0.1) is 0 Å². The van der Waals surface area contributed by atoms with E-state index in [0.717, 1.165) is 24.0 Å². The highest BCUT2D eigenvalue weighted by molar-refractivity contribution is 5.95. The number of nitrogens with zero attached hydrogens (tertiary/aromatic N) is 2. The molecule has 4 heteroatoms. The number of fused-ring (bicyclic) bond motifs is 1. The minimum atomic E-state index is 0. The zero-order chi connectivity index (χ0) is 14.7. The molecular formula is C18H19BrN2O. The van der Waals surface area contributed by atoms with E-state index in [2.05, 4.69) is 30.0 Å². The molecule has 0 unspecified atom stereocenters. The first-order valence-corrected chi connectivity index (χ1v) is 7.35. The number of hydrogen-bond donors (Lipinski definition) is 0. The minimum absolute atomic E-state index is 0. The second-order valence-electron chi connectivity index (χ2n) is 5.21. The SMILES string of the molecule is CCCn1c[n+](CC(=O)c2ccccc2)c2ccccc21.[Br-]. The topological polar surface area (TPSA) is 25.9 Å². The van der Waals surface area contributed by atoms with E-state index in [1.54, 1.807) is 0 Å². The van der Waals surface area contributed by atoms with Crippen LogP contribution in [0.2, 0.25) is 0 Å². The Labute approximate surface area is 141 Å². The molecule has 114 valence electrons. The van der Waals surface area contributed by atoms with Crippen LogP contribution in [0.5, 0.6) is 0 Å². The molecule has 0 aliphatic heterocycles. The number of Topliss-reactive ketones (excluding diaryl/α,β-unsaturated/α-hetero) is 1. The molecule has 0 bridgehead atoms. The van der Waals surface area contributed by atoms with Crippen LogP contribution < -0.4 is 21.5 Å². The number of hydrogen-bond acceptors (Lipinski definition) is 1. The van der Waals surface area contributed by atoms with Crippen LogP contribution in [0.3, 0.4) is 0 Å². The van der Waals surface area contributed by atoms with Gasteiger partial charge in [0.1, 0.15) is 0 Å². The lowest BCUT2D eigenvalue weighted by molar-refractivity contribution is -0.658. The molecule has 22 heavy (non-hydrogen) atoms. The van der Waals surface area contributed by atoms with Crippen molar-refractivity contribution in [3.63, 3.8) is 0 Å². The van der Waals surface area contributed by atoms with E-state index in [0.29, 0.717) is 6.54 Å². The summed E-state index contributed by atoms with van der Waals surface area (Å²) < 4.78 is 4.26. The largest absolute Gasteiger partial charge is 1.00 e. The maximum atomic E-state index is 12.4. The van der Waals surface area contributed by atoms with E-state index in [-0.39, 0.29) is 22.8 Å². The van der Waals surface area contributed by atoms with Gasteiger partial charge in [-0.3, -0.25) is 4.79 Å². The van der Waals surface area contributed by atoms with Gasteiger partial charge < -0.3 is 17.0 Å². The van der Waals surface area contributed by atoms with Crippen molar-refractivity contribution in [3.8, 4) is 0 Å². The molecule has 0 radical (unpaired) electrons. The molecule has 0 fully saturated rings. The van der Waals surface area contributed by atoms with Crippen molar-refractivity contribution in [2.45, 2.75) is 26.4 Å². The van der Waals surface area contributed by atoms with Crippen LogP contribution in [0.1, 0.15) is 23.7 Å². The van der Waals surface area contributed by atoms with Crippen LogP contribution in [-0.4, -0.2) is 10.4 Å². The van der Waals surface area contributed by atoms with Crippen molar-refractivity contribution in [1.29, 1.82) is 0 Å².